The van der Waals surface area contributed by atoms with Crippen molar-refractivity contribution < 1.29 is 14.3 Å². The molecule has 0 aromatic carbocycles. The van der Waals surface area contributed by atoms with E-state index < -0.39 is 0 Å². The number of carbonyl (C=O) groups excluding carboxylic acids is 1. The molecule has 0 atom stereocenters. The number of esters is 1. The molecule has 0 unspecified atom stereocenters. The molecule has 1 saturated heterocycles. The van der Waals surface area contributed by atoms with Gasteiger partial charge in [-0.15, -0.1) is 0 Å². The zero-order valence-corrected chi connectivity index (χ0v) is 9.29. The van der Waals surface area contributed by atoms with E-state index in [0.717, 1.165) is 12.8 Å². The summed E-state index contributed by atoms with van der Waals surface area (Å²) in [6, 6.07) is 2.03. The second-order valence-corrected chi connectivity index (χ2v) is 4.75. The van der Waals surface area contributed by atoms with Gasteiger partial charge in [0.2, 0.25) is 0 Å². The van der Waals surface area contributed by atoms with Crippen LogP contribution in [-0.4, -0.2) is 31.3 Å². The minimum absolute atomic E-state index is 0.0861. The van der Waals surface area contributed by atoms with Crippen molar-refractivity contribution in [3.05, 3.63) is 24.0 Å². The smallest absolute Gasteiger partial charge is 0.312 e. The normalized spacial score (nSPS) is 24.6. The maximum absolute atomic E-state index is 11.9. The second kappa shape index (κ2) is 3.10. The molecule has 2 heterocycles. The minimum Gasteiger partial charge on any atom is -0.469 e. The molecule has 0 spiro atoms. The first-order valence-electron chi connectivity index (χ1n) is 5.55. The van der Waals surface area contributed by atoms with Crippen molar-refractivity contribution in [2.45, 2.75) is 18.3 Å². The molecule has 4 nitrogen and oxygen atoms in total. The molecule has 2 aliphatic rings. The number of ether oxygens (including phenoxy) is 2. The van der Waals surface area contributed by atoms with Crippen molar-refractivity contribution in [1.29, 1.82) is 0 Å². The zero-order valence-electron chi connectivity index (χ0n) is 9.29. The van der Waals surface area contributed by atoms with Gasteiger partial charge in [0.25, 0.3) is 0 Å². The Hall–Kier alpha value is -1.29. The molecule has 86 valence electrons. The Morgan fingerprint density at radius 2 is 2.25 bits per heavy atom. The summed E-state index contributed by atoms with van der Waals surface area (Å²) >= 11 is 0. The molecule has 2 fully saturated rings. The summed E-state index contributed by atoms with van der Waals surface area (Å²) in [4.78, 5) is 15.0. The van der Waals surface area contributed by atoms with Gasteiger partial charge in [-0.25, -0.2) is 0 Å². The maximum atomic E-state index is 11.9. The fourth-order valence-corrected chi connectivity index (χ4v) is 2.85. The molecule has 16 heavy (non-hydrogen) atoms. The lowest BCUT2D eigenvalue weighted by atomic mass is 9.67. The van der Waals surface area contributed by atoms with E-state index in [1.165, 1.54) is 12.7 Å². The standard InChI is InChI=1S/C12H15NO3/c1-15-10(14)11(3-4-11)12(7-16-8-12)9-2-5-13-6-9/h2,5-6,13H,3-4,7-8H2,1H3. The Balaban J connectivity index is 2.00. The lowest BCUT2D eigenvalue weighted by Gasteiger charge is -2.46. The first kappa shape index (κ1) is 9.90. The van der Waals surface area contributed by atoms with E-state index in [9.17, 15) is 4.79 Å². The average molecular weight is 221 g/mol. The van der Waals surface area contributed by atoms with Crippen LogP contribution in [0.3, 0.4) is 0 Å². The molecule has 0 bridgehead atoms. The van der Waals surface area contributed by atoms with E-state index in [0.29, 0.717) is 13.2 Å². The van der Waals surface area contributed by atoms with Crippen LogP contribution in [0.25, 0.3) is 0 Å². The molecule has 0 radical (unpaired) electrons. The Bertz CT molecular complexity index is 402. The average Bonchev–Trinajstić information content (AvgIpc) is 2.85. The summed E-state index contributed by atoms with van der Waals surface area (Å²) in [5.74, 6) is -0.0861. The molecule has 3 rings (SSSR count). The maximum Gasteiger partial charge on any atom is 0.312 e. The molecule has 1 aliphatic carbocycles. The van der Waals surface area contributed by atoms with Crippen LogP contribution >= 0.6 is 0 Å². The molecule has 1 aliphatic heterocycles. The van der Waals surface area contributed by atoms with E-state index in [4.69, 9.17) is 9.47 Å². The van der Waals surface area contributed by atoms with E-state index in [2.05, 4.69) is 4.98 Å². The van der Waals surface area contributed by atoms with Crippen molar-refractivity contribution in [1.82, 2.24) is 4.98 Å². The predicted octanol–water partition coefficient (Wildman–Crippen LogP) is 1.24. The highest BCUT2D eigenvalue weighted by molar-refractivity contribution is 5.82. The zero-order chi connectivity index (χ0) is 11.2. The summed E-state index contributed by atoms with van der Waals surface area (Å²) in [6.45, 7) is 1.25. The van der Waals surface area contributed by atoms with E-state index in [1.54, 1.807) is 0 Å². The molecule has 1 aromatic rings. The molecule has 0 amide bonds. The van der Waals surface area contributed by atoms with Gasteiger partial charge in [-0.3, -0.25) is 4.79 Å². The first-order chi connectivity index (χ1) is 7.75. The first-order valence-corrected chi connectivity index (χ1v) is 5.55. The van der Waals surface area contributed by atoms with E-state index in [-0.39, 0.29) is 16.8 Å². The van der Waals surface area contributed by atoms with Gasteiger partial charge in [0.05, 0.1) is 31.2 Å². The van der Waals surface area contributed by atoms with Gasteiger partial charge in [-0.05, 0) is 24.5 Å². The summed E-state index contributed by atoms with van der Waals surface area (Å²) in [5.41, 5.74) is 0.684. The highest BCUT2D eigenvalue weighted by atomic mass is 16.5. The lowest BCUT2D eigenvalue weighted by molar-refractivity contribution is -0.164. The van der Waals surface area contributed by atoms with Crippen LogP contribution < -0.4 is 0 Å². The van der Waals surface area contributed by atoms with Crippen LogP contribution in [0.4, 0.5) is 0 Å². The van der Waals surface area contributed by atoms with E-state index in [1.807, 2.05) is 18.5 Å². The predicted molar refractivity (Wildman–Crippen MR) is 57.0 cm³/mol. The number of H-pyrrole nitrogens is 1. The van der Waals surface area contributed by atoms with Gasteiger partial charge in [0.1, 0.15) is 0 Å². The number of methoxy groups -OCH3 is 1. The Kier molecular flexibility index (Phi) is 1.92. The van der Waals surface area contributed by atoms with Gasteiger partial charge >= 0.3 is 5.97 Å². The van der Waals surface area contributed by atoms with Gasteiger partial charge < -0.3 is 14.5 Å². The Labute approximate surface area is 93.9 Å². The van der Waals surface area contributed by atoms with Crippen LogP contribution in [0.1, 0.15) is 18.4 Å². The van der Waals surface area contributed by atoms with Gasteiger partial charge in [-0.1, -0.05) is 0 Å². The lowest BCUT2D eigenvalue weighted by Crippen LogP contribution is -2.56. The molecule has 4 heteroatoms. The number of nitrogens with one attached hydrogen (secondary N) is 1. The fourth-order valence-electron chi connectivity index (χ4n) is 2.85. The van der Waals surface area contributed by atoms with Crippen LogP contribution in [0.5, 0.6) is 0 Å². The molecule has 1 saturated carbocycles. The van der Waals surface area contributed by atoms with E-state index >= 15 is 0 Å². The number of aromatic amines is 1. The number of hydrogen-bond donors (Lipinski definition) is 1. The monoisotopic (exact) mass is 221 g/mol. The highest BCUT2D eigenvalue weighted by Crippen LogP contribution is 2.63. The quantitative estimate of drug-likeness (QED) is 0.781. The summed E-state index contributed by atoms with van der Waals surface area (Å²) < 4.78 is 10.3. The highest BCUT2D eigenvalue weighted by Gasteiger charge is 2.68. The van der Waals surface area contributed by atoms with Gasteiger partial charge in [0.15, 0.2) is 0 Å². The SMILES string of the molecule is COC(=O)C1(C2(c3cc[nH]c3)COC2)CC1. The molecule has 1 aromatic heterocycles. The van der Waals surface area contributed by atoms with Gasteiger partial charge in [-0.2, -0.15) is 0 Å². The van der Waals surface area contributed by atoms with Crippen LogP contribution in [0.2, 0.25) is 0 Å². The van der Waals surface area contributed by atoms with Crippen molar-refractivity contribution in [3.63, 3.8) is 0 Å². The van der Waals surface area contributed by atoms with Crippen molar-refractivity contribution in [3.8, 4) is 0 Å². The van der Waals surface area contributed by atoms with Crippen molar-refractivity contribution >= 4 is 5.97 Å². The Morgan fingerprint density at radius 3 is 2.62 bits per heavy atom. The Morgan fingerprint density at radius 1 is 1.50 bits per heavy atom. The summed E-state index contributed by atoms with van der Waals surface area (Å²) in [6.07, 6.45) is 5.68. The van der Waals surface area contributed by atoms with Crippen LogP contribution in [-0.2, 0) is 19.7 Å². The third-order valence-corrected chi connectivity index (χ3v) is 4.09. The summed E-state index contributed by atoms with van der Waals surface area (Å²) in [7, 11) is 1.47. The third kappa shape index (κ3) is 1.00. The van der Waals surface area contributed by atoms with Crippen molar-refractivity contribution in [2.75, 3.05) is 20.3 Å². The topological polar surface area (TPSA) is 51.3 Å². The van der Waals surface area contributed by atoms with Crippen LogP contribution in [0, 0.1) is 5.41 Å². The van der Waals surface area contributed by atoms with Gasteiger partial charge in [0, 0.05) is 12.4 Å². The fraction of sp³-hybridized carbons (Fsp3) is 0.583. The number of hydrogen-bond acceptors (Lipinski definition) is 3. The molecular formula is C12H15NO3. The number of rotatable bonds is 3. The number of aromatic nitrogens is 1. The summed E-state index contributed by atoms with van der Waals surface area (Å²) in [5, 5.41) is 0. The molecule has 1 N–H and O–H groups in total. The van der Waals surface area contributed by atoms with Crippen LogP contribution in [0.15, 0.2) is 18.5 Å². The minimum atomic E-state index is -0.331. The number of carbonyl (C=O) groups is 1. The second-order valence-electron chi connectivity index (χ2n) is 4.75. The largest absolute Gasteiger partial charge is 0.469 e. The van der Waals surface area contributed by atoms with Crippen molar-refractivity contribution in [2.24, 2.45) is 5.41 Å². The molecular weight excluding hydrogens is 206 g/mol. The third-order valence-electron chi connectivity index (χ3n) is 4.09.